The quantitative estimate of drug-likeness (QED) is 0.574. The van der Waals surface area contributed by atoms with Gasteiger partial charge in [-0.25, -0.2) is 0 Å². The summed E-state index contributed by atoms with van der Waals surface area (Å²) < 4.78 is 11.7. The molecule has 1 heterocycles. The highest BCUT2D eigenvalue weighted by atomic mass is 16.5. The molecule has 2 unspecified atom stereocenters. The van der Waals surface area contributed by atoms with Gasteiger partial charge in [0.1, 0.15) is 17.6 Å². The van der Waals surface area contributed by atoms with Crippen LogP contribution >= 0.6 is 0 Å². The van der Waals surface area contributed by atoms with Gasteiger partial charge < -0.3 is 14.8 Å². The van der Waals surface area contributed by atoms with Gasteiger partial charge in [0.05, 0.1) is 7.11 Å². The Balaban J connectivity index is 1.99. The first-order chi connectivity index (χ1) is 11.6. The van der Waals surface area contributed by atoms with Crippen LogP contribution in [0.25, 0.3) is 0 Å². The van der Waals surface area contributed by atoms with Crippen molar-refractivity contribution in [2.75, 3.05) is 13.7 Å². The van der Waals surface area contributed by atoms with Gasteiger partial charge in [-0.3, -0.25) is 0 Å². The van der Waals surface area contributed by atoms with Crippen molar-refractivity contribution in [3.05, 3.63) is 23.8 Å². The number of unbranched alkanes of at least 4 members (excludes halogenated alkanes) is 4. The van der Waals surface area contributed by atoms with E-state index in [0.29, 0.717) is 18.1 Å². The molecule has 1 N–H and O–H groups in total. The number of methoxy groups -OCH3 is 1. The van der Waals surface area contributed by atoms with Crippen LogP contribution in [0.2, 0.25) is 0 Å². The fourth-order valence-electron chi connectivity index (χ4n) is 3.37. The number of nitrogens with one attached hydrogen (secondary N) is 1. The SMILES string of the molecule is CCCCCCCC1CC(NCC(C)C)c2ccc(OC)cc2O1. The van der Waals surface area contributed by atoms with Crippen molar-refractivity contribution in [2.45, 2.75) is 77.9 Å². The smallest absolute Gasteiger partial charge is 0.128 e. The average molecular weight is 334 g/mol. The van der Waals surface area contributed by atoms with E-state index in [2.05, 4.69) is 32.2 Å². The van der Waals surface area contributed by atoms with E-state index < -0.39 is 0 Å². The highest BCUT2D eigenvalue weighted by molar-refractivity contribution is 5.44. The summed E-state index contributed by atoms with van der Waals surface area (Å²) in [7, 11) is 1.71. The summed E-state index contributed by atoms with van der Waals surface area (Å²) in [6.07, 6.45) is 9.13. The van der Waals surface area contributed by atoms with Crippen LogP contribution in [-0.2, 0) is 0 Å². The molecule has 3 nitrogen and oxygen atoms in total. The molecule has 1 aromatic carbocycles. The van der Waals surface area contributed by atoms with E-state index in [1.807, 2.05) is 12.1 Å². The zero-order valence-corrected chi connectivity index (χ0v) is 15.9. The Labute approximate surface area is 148 Å². The first-order valence-corrected chi connectivity index (χ1v) is 9.72. The minimum Gasteiger partial charge on any atom is -0.497 e. The van der Waals surface area contributed by atoms with Gasteiger partial charge in [0.25, 0.3) is 0 Å². The van der Waals surface area contributed by atoms with Crippen LogP contribution in [0.1, 0.15) is 77.3 Å². The van der Waals surface area contributed by atoms with Gasteiger partial charge in [0, 0.05) is 24.1 Å². The molecule has 0 amide bonds. The predicted octanol–water partition coefficient (Wildman–Crippen LogP) is 5.49. The van der Waals surface area contributed by atoms with E-state index in [-0.39, 0.29) is 0 Å². The molecule has 0 fully saturated rings. The van der Waals surface area contributed by atoms with Crippen molar-refractivity contribution in [3.63, 3.8) is 0 Å². The van der Waals surface area contributed by atoms with Gasteiger partial charge in [-0.2, -0.15) is 0 Å². The summed E-state index contributed by atoms with van der Waals surface area (Å²) >= 11 is 0. The summed E-state index contributed by atoms with van der Waals surface area (Å²) in [5, 5.41) is 3.73. The lowest BCUT2D eigenvalue weighted by atomic mass is 9.93. The van der Waals surface area contributed by atoms with E-state index in [9.17, 15) is 0 Å². The number of ether oxygens (including phenoxy) is 2. The van der Waals surface area contributed by atoms with Gasteiger partial charge in [0.2, 0.25) is 0 Å². The van der Waals surface area contributed by atoms with Crippen molar-refractivity contribution < 1.29 is 9.47 Å². The second-order valence-corrected chi connectivity index (χ2v) is 7.44. The van der Waals surface area contributed by atoms with E-state index in [4.69, 9.17) is 9.47 Å². The summed E-state index contributed by atoms with van der Waals surface area (Å²) in [5.74, 6) is 2.53. The fraction of sp³-hybridized carbons (Fsp3) is 0.714. The fourth-order valence-corrected chi connectivity index (χ4v) is 3.37. The van der Waals surface area contributed by atoms with E-state index in [1.54, 1.807) is 7.11 Å². The Hall–Kier alpha value is -1.22. The van der Waals surface area contributed by atoms with Gasteiger partial charge in [-0.1, -0.05) is 52.5 Å². The standard InChI is InChI=1S/C21H35NO2/c1-5-6-7-8-9-10-18-13-20(22-15-16(2)3)19-12-11-17(23-4)14-21(19)24-18/h11-12,14,16,18,20,22H,5-10,13,15H2,1-4H3. The highest BCUT2D eigenvalue weighted by Gasteiger charge is 2.28. The van der Waals surface area contributed by atoms with Crippen molar-refractivity contribution >= 4 is 0 Å². The molecule has 24 heavy (non-hydrogen) atoms. The molecule has 1 aromatic rings. The van der Waals surface area contributed by atoms with Crippen LogP contribution in [-0.4, -0.2) is 19.8 Å². The van der Waals surface area contributed by atoms with E-state index in [0.717, 1.165) is 30.9 Å². The van der Waals surface area contributed by atoms with Gasteiger partial charge >= 0.3 is 0 Å². The largest absolute Gasteiger partial charge is 0.497 e. The Morgan fingerprint density at radius 1 is 1.21 bits per heavy atom. The molecule has 0 aromatic heterocycles. The predicted molar refractivity (Wildman–Crippen MR) is 101 cm³/mol. The Bertz CT molecular complexity index is 487. The van der Waals surface area contributed by atoms with Gasteiger partial charge in [-0.05, 0) is 31.4 Å². The maximum atomic E-state index is 6.30. The summed E-state index contributed by atoms with van der Waals surface area (Å²) in [4.78, 5) is 0. The van der Waals surface area contributed by atoms with Crippen LogP contribution in [0.5, 0.6) is 11.5 Å². The normalized spacial score (nSPS) is 19.9. The third-order valence-electron chi connectivity index (χ3n) is 4.79. The zero-order valence-electron chi connectivity index (χ0n) is 15.9. The molecule has 1 aliphatic heterocycles. The molecule has 2 atom stereocenters. The Kier molecular flexibility index (Phi) is 7.90. The molecule has 1 aliphatic rings. The van der Waals surface area contributed by atoms with Crippen LogP contribution in [0.4, 0.5) is 0 Å². The van der Waals surface area contributed by atoms with Crippen molar-refractivity contribution in [1.82, 2.24) is 5.32 Å². The van der Waals surface area contributed by atoms with Gasteiger partial charge in [-0.15, -0.1) is 0 Å². The number of benzene rings is 1. The first kappa shape index (κ1) is 19.1. The molecular weight excluding hydrogens is 298 g/mol. The monoisotopic (exact) mass is 333 g/mol. The first-order valence-electron chi connectivity index (χ1n) is 9.72. The summed E-state index contributed by atoms with van der Waals surface area (Å²) in [6.45, 7) is 7.82. The van der Waals surface area contributed by atoms with Crippen molar-refractivity contribution in [3.8, 4) is 11.5 Å². The molecule has 3 heteroatoms. The Morgan fingerprint density at radius 3 is 2.71 bits per heavy atom. The molecule has 0 bridgehead atoms. The minimum atomic E-state index is 0.316. The zero-order chi connectivity index (χ0) is 17.4. The molecule has 136 valence electrons. The van der Waals surface area contributed by atoms with Crippen LogP contribution in [0, 0.1) is 5.92 Å². The van der Waals surface area contributed by atoms with Crippen LogP contribution in [0.15, 0.2) is 18.2 Å². The second-order valence-electron chi connectivity index (χ2n) is 7.44. The Morgan fingerprint density at radius 2 is 2.00 bits per heavy atom. The average Bonchev–Trinajstić information content (AvgIpc) is 2.58. The topological polar surface area (TPSA) is 30.5 Å². The third-order valence-corrected chi connectivity index (χ3v) is 4.79. The number of hydrogen-bond acceptors (Lipinski definition) is 3. The molecule has 0 saturated heterocycles. The van der Waals surface area contributed by atoms with Crippen LogP contribution < -0.4 is 14.8 Å². The minimum absolute atomic E-state index is 0.316. The maximum Gasteiger partial charge on any atom is 0.128 e. The van der Waals surface area contributed by atoms with Crippen molar-refractivity contribution in [1.29, 1.82) is 0 Å². The second kappa shape index (κ2) is 9.93. The lowest BCUT2D eigenvalue weighted by Crippen LogP contribution is -2.34. The molecule has 2 rings (SSSR count). The van der Waals surface area contributed by atoms with Crippen molar-refractivity contribution in [2.24, 2.45) is 5.92 Å². The molecule has 0 aliphatic carbocycles. The summed E-state index contributed by atoms with van der Waals surface area (Å²) in [6, 6.07) is 6.63. The van der Waals surface area contributed by atoms with Gasteiger partial charge in [0.15, 0.2) is 0 Å². The lowest BCUT2D eigenvalue weighted by molar-refractivity contribution is 0.136. The van der Waals surface area contributed by atoms with E-state index >= 15 is 0 Å². The molecular formula is C21H35NO2. The lowest BCUT2D eigenvalue weighted by Gasteiger charge is -2.33. The molecule has 0 radical (unpaired) electrons. The molecule has 0 saturated carbocycles. The number of hydrogen-bond donors (Lipinski definition) is 1. The molecule has 0 spiro atoms. The number of fused-ring (bicyclic) bond motifs is 1. The maximum absolute atomic E-state index is 6.30. The van der Waals surface area contributed by atoms with E-state index in [1.165, 1.54) is 37.7 Å². The van der Waals surface area contributed by atoms with Crippen LogP contribution in [0.3, 0.4) is 0 Å². The summed E-state index contributed by atoms with van der Waals surface area (Å²) in [5.41, 5.74) is 1.28. The highest BCUT2D eigenvalue weighted by Crippen LogP contribution is 2.38. The third kappa shape index (κ3) is 5.70. The number of rotatable bonds is 10.